The highest BCUT2D eigenvalue weighted by atomic mass is 35.5. The van der Waals surface area contributed by atoms with Crippen molar-refractivity contribution in [3.63, 3.8) is 0 Å². The van der Waals surface area contributed by atoms with E-state index in [0.29, 0.717) is 10.0 Å². The van der Waals surface area contributed by atoms with Crippen molar-refractivity contribution in [1.29, 1.82) is 0 Å². The first-order valence-electron chi connectivity index (χ1n) is 6.91. The van der Waals surface area contributed by atoms with Crippen LogP contribution in [0.15, 0.2) is 42.5 Å². The fourth-order valence-corrected chi connectivity index (χ4v) is 2.82. The summed E-state index contributed by atoms with van der Waals surface area (Å²) in [5.74, 6) is 0. The first-order chi connectivity index (χ1) is 9.95. The molecule has 2 rings (SSSR count). The van der Waals surface area contributed by atoms with E-state index in [9.17, 15) is 0 Å². The van der Waals surface area contributed by atoms with Crippen LogP contribution in [0.3, 0.4) is 0 Å². The largest absolute Gasteiger partial charge is 0.378 e. The molecule has 2 aromatic rings. The number of benzene rings is 2. The zero-order valence-electron chi connectivity index (χ0n) is 12.5. The maximum atomic E-state index is 6.24. The van der Waals surface area contributed by atoms with E-state index in [2.05, 4.69) is 55.5 Å². The predicted molar refractivity (Wildman–Crippen MR) is 92.3 cm³/mol. The molecule has 0 aliphatic heterocycles. The molecule has 0 aliphatic carbocycles. The second kappa shape index (κ2) is 7.17. The highest BCUT2D eigenvalue weighted by Gasteiger charge is 2.10. The summed E-state index contributed by atoms with van der Waals surface area (Å²) in [6.45, 7) is 3.03. The van der Waals surface area contributed by atoms with Gasteiger partial charge in [-0.2, -0.15) is 0 Å². The van der Waals surface area contributed by atoms with Gasteiger partial charge in [0.15, 0.2) is 0 Å². The summed E-state index contributed by atoms with van der Waals surface area (Å²) in [4.78, 5) is 2.15. The fourth-order valence-electron chi connectivity index (χ4n) is 2.25. The average Bonchev–Trinajstić information content (AvgIpc) is 2.40. The maximum absolute atomic E-state index is 6.24. The summed E-state index contributed by atoms with van der Waals surface area (Å²) < 4.78 is 0. The van der Waals surface area contributed by atoms with Crippen LogP contribution in [0.1, 0.15) is 24.1 Å². The van der Waals surface area contributed by atoms with E-state index in [1.807, 2.05) is 12.1 Å². The molecule has 0 fully saturated rings. The minimum absolute atomic E-state index is 0.120. The van der Waals surface area contributed by atoms with E-state index >= 15 is 0 Å². The Balaban J connectivity index is 2.06. The van der Waals surface area contributed by atoms with Gasteiger partial charge in [-0.3, -0.25) is 0 Å². The number of nitrogens with one attached hydrogen (secondary N) is 1. The van der Waals surface area contributed by atoms with Gasteiger partial charge in [0.25, 0.3) is 0 Å². The molecule has 0 bridgehead atoms. The molecular weight excluding hydrogens is 303 g/mol. The molecule has 4 heteroatoms. The van der Waals surface area contributed by atoms with E-state index in [0.717, 1.165) is 17.8 Å². The molecule has 2 nitrogen and oxygen atoms in total. The average molecular weight is 323 g/mol. The molecule has 112 valence electrons. The van der Waals surface area contributed by atoms with E-state index < -0.39 is 0 Å². The molecule has 0 aromatic heterocycles. The van der Waals surface area contributed by atoms with Crippen LogP contribution in [0.2, 0.25) is 10.0 Å². The number of hydrogen-bond acceptors (Lipinski definition) is 2. The van der Waals surface area contributed by atoms with Crippen molar-refractivity contribution < 1.29 is 0 Å². The third-order valence-corrected chi connectivity index (χ3v) is 3.83. The highest BCUT2D eigenvalue weighted by molar-refractivity contribution is 6.35. The molecule has 0 heterocycles. The summed E-state index contributed by atoms with van der Waals surface area (Å²) in [6, 6.07) is 14.2. The molecule has 0 saturated carbocycles. The standard InChI is InChI=1S/C17H20Cl2N2/c1-12(16-9-6-14(18)10-17(16)19)20-15-7-4-13(5-8-15)11-21(2)3/h4-10,12,20H,11H2,1-3H3. The van der Waals surface area contributed by atoms with Crippen LogP contribution in [0.25, 0.3) is 0 Å². The summed E-state index contributed by atoms with van der Waals surface area (Å²) in [5, 5.41) is 4.80. The molecule has 1 N–H and O–H groups in total. The van der Waals surface area contributed by atoms with E-state index in [-0.39, 0.29) is 6.04 Å². The van der Waals surface area contributed by atoms with Gasteiger partial charge in [0.2, 0.25) is 0 Å². The van der Waals surface area contributed by atoms with Crippen LogP contribution in [0.4, 0.5) is 5.69 Å². The van der Waals surface area contributed by atoms with Crippen LogP contribution in [0, 0.1) is 0 Å². The molecule has 0 radical (unpaired) electrons. The van der Waals surface area contributed by atoms with Crippen LogP contribution in [0.5, 0.6) is 0 Å². The molecular formula is C17H20Cl2N2. The van der Waals surface area contributed by atoms with Crippen LogP contribution in [-0.2, 0) is 6.54 Å². The first kappa shape index (κ1) is 16.2. The topological polar surface area (TPSA) is 15.3 Å². The minimum Gasteiger partial charge on any atom is -0.378 e. The normalized spacial score (nSPS) is 12.5. The van der Waals surface area contributed by atoms with E-state index in [1.165, 1.54) is 5.56 Å². The van der Waals surface area contributed by atoms with Gasteiger partial charge >= 0.3 is 0 Å². The number of hydrogen-bond donors (Lipinski definition) is 1. The summed E-state index contributed by atoms with van der Waals surface area (Å²) >= 11 is 12.2. The van der Waals surface area contributed by atoms with Gasteiger partial charge < -0.3 is 10.2 Å². The van der Waals surface area contributed by atoms with Gasteiger partial charge in [0.05, 0.1) is 0 Å². The van der Waals surface area contributed by atoms with Crippen LogP contribution in [-0.4, -0.2) is 19.0 Å². The lowest BCUT2D eigenvalue weighted by Crippen LogP contribution is -2.11. The Bertz CT molecular complexity index is 594. The molecule has 2 aromatic carbocycles. The van der Waals surface area contributed by atoms with Gasteiger partial charge in [-0.1, -0.05) is 41.4 Å². The molecule has 21 heavy (non-hydrogen) atoms. The lowest BCUT2D eigenvalue weighted by atomic mass is 10.1. The summed E-state index contributed by atoms with van der Waals surface area (Å²) in [6.07, 6.45) is 0. The van der Waals surface area contributed by atoms with Crippen molar-refractivity contribution in [1.82, 2.24) is 4.90 Å². The Kier molecular flexibility index (Phi) is 5.51. The van der Waals surface area contributed by atoms with Crippen LogP contribution < -0.4 is 5.32 Å². The fraction of sp³-hybridized carbons (Fsp3) is 0.294. The molecule has 0 amide bonds. The molecule has 0 saturated heterocycles. The molecule has 0 spiro atoms. The van der Waals surface area contributed by atoms with Crippen molar-refractivity contribution in [2.24, 2.45) is 0 Å². The smallest absolute Gasteiger partial charge is 0.0500 e. The van der Waals surface area contributed by atoms with Crippen LogP contribution >= 0.6 is 23.2 Å². The quantitative estimate of drug-likeness (QED) is 0.811. The third-order valence-electron chi connectivity index (χ3n) is 3.26. The number of rotatable bonds is 5. The van der Waals surface area contributed by atoms with Crippen molar-refractivity contribution in [3.8, 4) is 0 Å². The van der Waals surface area contributed by atoms with Gasteiger partial charge in [-0.25, -0.2) is 0 Å². The zero-order valence-corrected chi connectivity index (χ0v) is 14.0. The third kappa shape index (κ3) is 4.63. The lowest BCUT2D eigenvalue weighted by Gasteiger charge is -2.18. The second-order valence-corrected chi connectivity index (χ2v) is 6.31. The van der Waals surface area contributed by atoms with Gasteiger partial charge in [-0.15, -0.1) is 0 Å². The monoisotopic (exact) mass is 322 g/mol. The van der Waals surface area contributed by atoms with Gasteiger partial charge in [-0.05, 0) is 56.4 Å². The van der Waals surface area contributed by atoms with E-state index in [4.69, 9.17) is 23.2 Å². The highest BCUT2D eigenvalue weighted by Crippen LogP contribution is 2.28. The molecule has 1 unspecified atom stereocenters. The minimum atomic E-state index is 0.120. The molecule has 1 atom stereocenters. The number of halogens is 2. The van der Waals surface area contributed by atoms with Crippen molar-refractivity contribution in [3.05, 3.63) is 63.6 Å². The summed E-state index contributed by atoms with van der Waals surface area (Å²) in [7, 11) is 4.13. The predicted octanol–water partition coefficient (Wildman–Crippen LogP) is 5.23. The maximum Gasteiger partial charge on any atom is 0.0500 e. The lowest BCUT2D eigenvalue weighted by molar-refractivity contribution is 0.402. The Labute approximate surface area is 136 Å². The van der Waals surface area contributed by atoms with E-state index in [1.54, 1.807) is 6.07 Å². The Morgan fingerprint density at radius 2 is 1.71 bits per heavy atom. The SMILES string of the molecule is CC(Nc1ccc(CN(C)C)cc1)c1ccc(Cl)cc1Cl. The van der Waals surface area contributed by atoms with Crippen molar-refractivity contribution in [2.45, 2.75) is 19.5 Å². The Hall–Kier alpha value is -1.22. The second-order valence-electron chi connectivity index (χ2n) is 5.47. The number of nitrogens with zero attached hydrogens (tertiary/aromatic N) is 1. The Morgan fingerprint density at radius 1 is 1.05 bits per heavy atom. The first-order valence-corrected chi connectivity index (χ1v) is 7.66. The summed E-state index contributed by atoms with van der Waals surface area (Å²) in [5.41, 5.74) is 3.41. The van der Waals surface area contributed by atoms with Gasteiger partial charge in [0, 0.05) is 28.3 Å². The van der Waals surface area contributed by atoms with Crippen molar-refractivity contribution >= 4 is 28.9 Å². The van der Waals surface area contributed by atoms with Gasteiger partial charge in [0.1, 0.15) is 0 Å². The zero-order chi connectivity index (χ0) is 15.4. The Morgan fingerprint density at radius 3 is 2.29 bits per heavy atom. The number of anilines is 1. The molecule has 0 aliphatic rings. The van der Waals surface area contributed by atoms with Crippen molar-refractivity contribution in [2.75, 3.05) is 19.4 Å².